The highest BCUT2D eigenvalue weighted by molar-refractivity contribution is 7.52. The van der Waals surface area contributed by atoms with Gasteiger partial charge >= 0.3 is 13.6 Å². The summed E-state index contributed by atoms with van der Waals surface area (Å²) in [6, 6.07) is 0. The van der Waals surface area contributed by atoms with Crippen LogP contribution in [0, 0.1) is 5.92 Å². The van der Waals surface area contributed by atoms with Crippen molar-refractivity contribution in [3.63, 3.8) is 0 Å². The van der Waals surface area contributed by atoms with E-state index in [1.165, 1.54) is 0 Å². The van der Waals surface area contributed by atoms with Crippen molar-refractivity contribution in [1.82, 2.24) is 5.06 Å². The molecule has 0 aromatic carbocycles. The second kappa shape index (κ2) is 8.86. The lowest BCUT2D eigenvalue weighted by molar-refractivity contribution is -0.196. The molecule has 0 aromatic heterocycles. The number of rotatable bonds is 8. The van der Waals surface area contributed by atoms with Gasteiger partial charge in [0.05, 0.1) is 12.5 Å². The maximum atomic E-state index is 11.6. The molecule has 21 heavy (non-hydrogen) atoms. The summed E-state index contributed by atoms with van der Waals surface area (Å²) in [6.07, 6.45) is 3.05. The van der Waals surface area contributed by atoms with Crippen LogP contribution in [0.3, 0.4) is 0 Å². The number of ether oxygens (including phenoxy) is 1. The molecule has 2 N–H and O–H groups in total. The van der Waals surface area contributed by atoms with Crippen molar-refractivity contribution >= 4 is 13.6 Å². The van der Waals surface area contributed by atoms with Gasteiger partial charge in [0, 0.05) is 13.1 Å². The number of hydrogen-bond acceptors (Lipinski definition) is 5. The van der Waals surface area contributed by atoms with Crippen molar-refractivity contribution < 1.29 is 28.7 Å². The Hall–Kier alpha value is -0.460. The van der Waals surface area contributed by atoms with Gasteiger partial charge < -0.3 is 14.5 Å². The Morgan fingerprint density at radius 3 is 2.43 bits per heavy atom. The SMILES string of the molecule is CCCCC(ON1CCC(C(=O)OCC)CC1)P(=O)(O)O. The van der Waals surface area contributed by atoms with Gasteiger partial charge in [-0.2, -0.15) is 5.06 Å². The predicted molar refractivity (Wildman–Crippen MR) is 77.4 cm³/mol. The van der Waals surface area contributed by atoms with Gasteiger partial charge in [-0.3, -0.25) is 14.2 Å². The van der Waals surface area contributed by atoms with Gasteiger partial charge in [0.15, 0.2) is 5.85 Å². The van der Waals surface area contributed by atoms with Crippen molar-refractivity contribution in [3.8, 4) is 0 Å². The van der Waals surface area contributed by atoms with Crippen molar-refractivity contribution in [3.05, 3.63) is 0 Å². The van der Waals surface area contributed by atoms with Crippen molar-refractivity contribution in [2.24, 2.45) is 5.92 Å². The molecule has 8 heteroatoms. The second-order valence-corrected chi connectivity index (χ2v) is 7.00. The average Bonchev–Trinajstić information content (AvgIpc) is 2.43. The normalized spacial score (nSPS) is 19.4. The Morgan fingerprint density at radius 2 is 1.95 bits per heavy atom. The first kappa shape index (κ1) is 18.6. The van der Waals surface area contributed by atoms with E-state index in [1.54, 1.807) is 12.0 Å². The summed E-state index contributed by atoms with van der Waals surface area (Å²) in [6.45, 7) is 5.06. The summed E-state index contributed by atoms with van der Waals surface area (Å²) in [7, 11) is -4.27. The fourth-order valence-corrected chi connectivity index (χ4v) is 3.07. The molecule has 0 radical (unpaired) electrons. The molecule has 1 atom stereocenters. The van der Waals surface area contributed by atoms with Crippen LogP contribution in [0.15, 0.2) is 0 Å². The van der Waals surface area contributed by atoms with Gasteiger partial charge in [0.2, 0.25) is 0 Å². The summed E-state index contributed by atoms with van der Waals surface area (Å²) in [5.41, 5.74) is 0. The molecule has 0 aliphatic carbocycles. The molecule has 0 aromatic rings. The minimum atomic E-state index is -4.27. The minimum absolute atomic E-state index is 0.144. The lowest BCUT2D eigenvalue weighted by atomic mass is 9.98. The highest BCUT2D eigenvalue weighted by atomic mass is 31.2. The van der Waals surface area contributed by atoms with Gasteiger partial charge in [-0.05, 0) is 26.2 Å². The number of carbonyl (C=O) groups is 1. The minimum Gasteiger partial charge on any atom is -0.466 e. The van der Waals surface area contributed by atoms with E-state index in [9.17, 15) is 19.1 Å². The van der Waals surface area contributed by atoms with Crippen molar-refractivity contribution in [2.45, 2.75) is 51.8 Å². The molecule has 1 aliphatic rings. The summed E-state index contributed by atoms with van der Waals surface area (Å²) in [4.78, 5) is 35.7. The Kier molecular flexibility index (Phi) is 7.84. The van der Waals surface area contributed by atoms with E-state index in [1.807, 2.05) is 6.92 Å². The van der Waals surface area contributed by atoms with E-state index in [2.05, 4.69) is 0 Å². The average molecular weight is 323 g/mol. The van der Waals surface area contributed by atoms with Crippen LogP contribution in [0.1, 0.15) is 46.0 Å². The molecule has 124 valence electrons. The quantitative estimate of drug-likeness (QED) is 0.520. The van der Waals surface area contributed by atoms with E-state index in [4.69, 9.17) is 9.57 Å². The number of carbonyl (C=O) groups excluding carboxylic acids is 1. The predicted octanol–water partition coefficient (Wildman–Crippen LogP) is 1.89. The highest BCUT2D eigenvalue weighted by Gasteiger charge is 2.34. The first-order valence-corrected chi connectivity index (χ1v) is 9.20. The monoisotopic (exact) mass is 323 g/mol. The standard InChI is InChI=1S/C13H26NO6P/c1-3-5-6-12(21(16,17)18)20-14-9-7-11(8-10-14)13(15)19-4-2/h11-12H,3-10H2,1-2H3,(H2,16,17,18). The first-order valence-electron chi connectivity index (χ1n) is 7.52. The third kappa shape index (κ3) is 6.45. The van der Waals surface area contributed by atoms with E-state index in [0.717, 1.165) is 6.42 Å². The second-order valence-electron chi connectivity index (χ2n) is 5.25. The number of hydroxylamine groups is 2. The van der Waals surface area contributed by atoms with Crippen molar-refractivity contribution in [1.29, 1.82) is 0 Å². The molecule has 1 aliphatic heterocycles. The maximum absolute atomic E-state index is 11.6. The number of esters is 1. The largest absolute Gasteiger partial charge is 0.466 e. The topological polar surface area (TPSA) is 96.3 Å². The maximum Gasteiger partial charge on any atom is 0.356 e. The van der Waals surface area contributed by atoms with E-state index < -0.39 is 13.4 Å². The molecule has 1 heterocycles. The Labute approximate surface area is 125 Å². The van der Waals surface area contributed by atoms with Crippen LogP contribution in [-0.4, -0.2) is 46.4 Å². The highest BCUT2D eigenvalue weighted by Crippen LogP contribution is 2.45. The third-order valence-corrected chi connectivity index (χ3v) is 4.63. The van der Waals surface area contributed by atoms with Gasteiger partial charge in [0.25, 0.3) is 0 Å². The Morgan fingerprint density at radius 1 is 1.33 bits per heavy atom. The zero-order valence-corrected chi connectivity index (χ0v) is 13.6. The van der Waals surface area contributed by atoms with E-state index >= 15 is 0 Å². The lowest BCUT2D eigenvalue weighted by Crippen LogP contribution is -2.39. The van der Waals surface area contributed by atoms with Crippen LogP contribution in [0.25, 0.3) is 0 Å². The molecular weight excluding hydrogens is 297 g/mol. The summed E-state index contributed by atoms with van der Waals surface area (Å²) >= 11 is 0. The van der Waals surface area contributed by atoms with Crippen LogP contribution in [0.5, 0.6) is 0 Å². The fourth-order valence-electron chi connectivity index (χ4n) is 2.29. The van der Waals surface area contributed by atoms with Crippen LogP contribution in [0.4, 0.5) is 0 Å². The van der Waals surface area contributed by atoms with E-state index in [-0.39, 0.29) is 11.9 Å². The third-order valence-electron chi connectivity index (χ3n) is 3.52. The molecule has 7 nitrogen and oxygen atoms in total. The van der Waals surface area contributed by atoms with E-state index in [0.29, 0.717) is 45.4 Å². The molecule has 1 fully saturated rings. The molecule has 1 unspecified atom stereocenters. The molecule has 0 spiro atoms. The molecular formula is C13H26NO6P. The summed E-state index contributed by atoms with van der Waals surface area (Å²) in [5, 5.41) is 1.56. The Bertz CT molecular complexity index is 364. The molecule has 0 amide bonds. The lowest BCUT2D eigenvalue weighted by Gasteiger charge is -2.33. The van der Waals surface area contributed by atoms with Gasteiger partial charge in [-0.25, -0.2) is 0 Å². The van der Waals surface area contributed by atoms with Gasteiger partial charge in [-0.15, -0.1) is 0 Å². The zero-order valence-electron chi connectivity index (χ0n) is 12.7. The Balaban J connectivity index is 2.45. The smallest absolute Gasteiger partial charge is 0.356 e. The number of piperidine rings is 1. The molecule has 1 rings (SSSR count). The fraction of sp³-hybridized carbons (Fsp3) is 0.923. The van der Waals surface area contributed by atoms with Crippen LogP contribution < -0.4 is 0 Å². The zero-order chi connectivity index (χ0) is 15.9. The number of hydrogen-bond donors (Lipinski definition) is 2. The van der Waals surface area contributed by atoms with Crippen LogP contribution in [0.2, 0.25) is 0 Å². The van der Waals surface area contributed by atoms with Crippen LogP contribution >= 0.6 is 7.60 Å². The van der Waals surface area contributed by atoms with Gasteiger partial charge in [0.1, 0.15) is 0 Å². The van der Waals surface area contributed by atoms with Crippen molar-refractivity contribution in [2.75, 3.05) is 19.7 Å². The first-order chi connectivity index (χ1) is 9.88. The number of unbranched alkanes of at least 4 members (excludes halogenated alkanes) is 1. The summed E-state index contributed by atoms with van der Waals surface area (Å²) < 4.78 is 16.4. The molecule has 0 bridgehead atoms. The van der Waals surface area contributed by atoms with Gasteiger partial charge in [-0.1, -0.05) is 19.8 Å². The van der Waals surface area contributed by atoms with Crippen LogP contribution in [-0.2, 0) is 18.9 Å². The molecule has 0 saturated carbocycles. The molecule has 1 saturated heterocycles. The number of nitrogens with zero attached hydrogens (tertiary/aromatic N) is 1. The summed E-state index contributed by atoms with van der Waals surface area (Å²) in [5.74, 6) is -1.43.